The Morgan fingerprint density at radius 3 is 2.67 bits per heavy atom. The predicted molar refractivity (Wildman–Crippen MR) is 80.5 cm³/mol. The van der Waals surface area contributed by atoms with Gasteiger partial charge in [-0.2, -0.15) is 17.2 Å². The lowest BCUT2D eigenvalue weighted by atomic mass is 10.2. The molecule has 0 fully saturated rings. The van der Waals surface area contributed by atoms with Crippen LogP contribution in [0.4, 0.5) is 5.69 Å². The molecule has 0 spiro atoms. The molecule has 0 amide bonds. The number of benzene rings is 1. The van der Waals surface area contributed by atoms with Crippen molar-refractivity contribution in [3.05, 3.63) is 17.2 Å². The standard InChI is InChI=1S/C9H8ClN5S.H2O4S/c10-5-1-2-6-8(15-16-14-6)7(5)13-9-11-3-4-12-9;1-5(2,3)4/h1-2H,3-4H2,(H2,11,12,13);(H2,1,2,3,4). The molecule has 1 aliphatic heterocycles. The second-order valence-corrected chi connectivity index (χ2v) is 5.62. The van der Waals surface area contributed by atoms with Crippen LogP contribution in [-0.2, 0) is 10.4 Å². The van der Waals surface area contributed by atoms with E-state index in [4.69, 9.17) is 29.1 Å². The highest BCUT2D eigenvalue weighted by Gasteiger charge is 2.13. The van der Waals surface area contributed by atoms with Crippen LogP contribution in [0, 0.1) is 0 Å². The second kappa shape index (κ2) is 6.49. The van der Waals surface area contributed by atoms with Crippen LogP contribution < -0.4 is 10.6 Å². The number of halogens is 1. The highest BCUT2D eigenvalue weighted by atomic mass is 35.5. The third kappa shape index (κ3) is 4.75. The van der Waals surface area contributed by atoms with Gasteiger partial charge in [-0.25, -0.2) is 0 Å². The summed E-state index contributed by atoms with van der Waals surface area (Å²) in [6, 6.07) is 3.67. The molecule has 114 valence electrons. The Kier molecular flexibility index (Phi) is 4.90. The average molecular weight is 352 g/mol. The molecule has 0 atom stereocenters. The molecule has 1 aromatic carbocycles. The highest BCUT2D eigenvalue weighted by Crippen LogP contribution is 2.29. The maximum atomic E-state index is 8.74. The summed E-state index contributed by atoms with van der Waals surface area (Å²) in [5, 5.41) is 6.90. The predicted octanol–water partition coefficient (Wildman–Crippen LogP) is 1.06. The number of nitrogens with zero attached hydrogens (tertiary/aromatic N) is 3. The van der Waals surface area contributed by atoms with Crippen LogP contribution in [0.25, 0.3) is 11.0 Å². The van der Waals surface area contributed by atoms with Crippen molar-refractivity contribution in [2.24, 2.45) is 4.99 Å². The van der Waals surface area contributed by atoms with E-state index in [1.165, 1.54) is 11.7 Å². The van der Waals surface area contributed by atoms with Gasteiger partial charge in [0.25, 0.3) is 0 Å². The number of rotatable bonds is 1. The summed E-state index contributed by atoms with van der Waals surface area (Å²) >= 11 is 7.30. The average Bonchev–Trinajstić information content (AvgIpc) is 3.01. The van der Waals surface area contributed by atoms with Gasteiger partial charge in [-0.05, 0) is 12.1 Å². The van der Waals surface area contributed by atoms with E-state index in [0.717, 1.165) is 35.8 Å². The van der Waals surface area contributed by atoms with Crippen molar-refractivity contribution in [2.45, 2.75) is 0 Å². The van der Waals surface area contributed by atoms with Gasteiger partial charge in [0.15, 0.2) is 5.96 Å². The van der Waals surface area contributed by atoms with Crippen molar-refractivity contribution in [1.82, 2.24) is 14.1 Å². The monoisotopic (exact) mass is 351 g/mol. The maximum absolute atomic E-state index is 8.74. The minimum Gasteiger partial charge on any atom is -0.354 e. The molecule has 0 saturated heterocycles. The van der Waals surface area contributed by atoms with E-state index in [1.807, 2.05) is 12.1 Å². The number of hydrogen-bond donors (Lipinski definition) is 4. The van der Waals surface area contributed by atoms with E-state index >= 15 is 0 Å². The van der Waals surface area contributed by atoms with Gasteiger partial charge in [-0.1, -0.05) is 11.6 Å². The first-order chi connectivity index (χ1) is 9.84. The molecule has 0 saturated carbocycles. The molecule has 12 heteroatoms. The van der Waals surface area contributed by atoms with Gasteiger partial charge in [-0.15, -0.1) is 0 Å². The first-order valence-corrected chi connectivity index (χ1v) is 8.01. The summed E-state index contributed by atoms with van der Waals surface area (Å²) in [5.74, 6) is 0.738. The highest BCUT2D eigenvalue weighted by molar-refractivity contribution is 7.79. The minimum absolute atomic E-state index is 0.622. The quantitative estimate of drug-likeness (QED) is 0.560. The van der Waals surface area contributed by atoms with Gasteiger partial charge in [0.05, 0.1) is 29.0 Å². The molecule has 9 nitrogen and oxygen atoms in total. The zero-order valence-electron chi connectivity index (χ0n) is 10.3. The van der Waals surface area contributed by atoms with Gasteiger partial charge in [0.2, 0.25) is 0 Å². The van der Waals surface area contributed by atoms with E-state index in [9.17, 15) is 0 Å². The SMILES string of the molecule is Clc1ccc2nsnc2c1NC1=NCCN1.O=S(=O)(O)O. The molecular formula is C9H10ClN5O4S2. The lowest BCUT2D eigenvalue weighted by molar-refractivity contribution is 0.381. The molecule has 1 aromatic heterocycles. The number of fused-ring (bicyclic) bond motifs is 1. The first-order valence-electron chi connectivity index (χ1n) is 5.50. The van der Waals surface area contributed by atoms with Crippen molar-refractivity contribution in [2.75, 3.05) is 18.4 Å². The Morgan fingerprint density at radius 1 is 1.33 bits per heavy atom. The number of aliphatic imine (C=N–C) groups is 1. The zero-order valence-corrected chi connectivity index (χ0v) is 12.7. The third-order valence-corrected chi connectivity index (χ3v) is 3.15. The lowest BCUT2D eigenvalue weighted by Gasteiger charge is -2.08. The molecule has 3 rings (SSSR count). The number of guanidine groups is 1. The number of aromatic nitrogens is 2. The zero-order chi connectivity index (χ0) is 15.5. The largest absolute Gasteiger partial charge is 0.394 e. The molecule has 4 N–H and O–H groups in total. The van der Waals surface area contributed by atoms with Crippen LogP contribution in [0.5, 0.6) is 0 Å². The Hall–Kier alpha value is -1.53. The van der Waals surface area contributed by atoms with Crippen LogP contribution >= 0.6 is 23.3 Å². The normalized spacial score (nSPS) is 14.1. The summed E-state index contributed by atoms with van der Waals surface area (Å²) in [6.45, 7) is 1.64. The number of anilines is 1. The van der Waals surface area contributed by atoms with Crippen molar-refractivity contribution in [3.8, 4) is 0 Å². The maximum Gasteiger partial charge on any atom is 0.394 e. The summed E-state index contributed by atoms with van der Waals surface area (Å²) in [7, 11) is -4.67. The van der Waals surface area contributed by atoms with Crippen molar-refractivity contribution in [1.29, 1.82) is 0 Å². The van der Waals surface area contributed by atoms with Gasteiger partial charge in [0, 0.05) is 6.54 Å². The molecule has 0 radical (unpaired) electrons. The summed E-state index contributed by atoms with van der Waals surface area (Å²) in [5.41, 5.74) is 2.39. The third-order valence-electron chi connectivity index (χ3n) is 2.29. The van der Waals surface area contributed by atoms with E-state index in [2.05, 4.69) is 24.4 Å². The van der Waals surface area contributed by atoms with E-state index in [0.29, 0.717) is 5.02 Å². The Labute approximate surface area is 128 Å². The molecule has 0 bridgehead atoms. The minimum atomic E-state index is -4.67. The molecule has 21 heavy (non-hydrogen) atoms. The van der Waals surface area contributed by atoms with E-state index in [-0.39, 0.29) is 0 Å². The van der Waals surface area contributed by atoms with E-state index in [1.54, 1.807) is 0 Å². The molecule has 2 heterocycles. The van der Waals surface area contributed by atoms with Gasteiger partial charge >= 0.3 is 10.4 Å². The summed E-state index contributed by atoms with van der Waals surface area (Å²) in [4.78, 5) is 4.25. The van der Waals surface area contributed by atoms with Crippen LogP contribution in [0.3, 0.4) is 0 Å². The molecule has 1 aliphatic rings. The van der Waals surface area contributed by atoms with Crippen molar-refractivity contribution >= 4 is 56.4 Å². The fourth-order valence-corrected chi connectivity index (χ4v) is 2.29. The first kappa shape index (κ1) is 15.9. The lowest BCUT2D eigenvalue weighted by Crippen LogP contribution is -2.26. The Morgan fingerprint density at radius 2 is 2.05 bits per heavy atom. The van der Waals surface area contributed by atoms with Crippen molar-refractivity contribution < 1.29 is 17.5 Å². The van der Waals surface area contributed by atoms with Gasteiger partial charge in [-0.3, -0.25) is 14.1 Å². The Bertz CT molecular complexity index is 768. The van der Waals surface area contributed by atoms with Gasteiger partial charge < -0.3 is 10.6 Å². The molecule has 0 unspecified atom stereocenters. The number of nitrogens with one attached hydrogen (secondary N) is 2. The smallest absolute Gasteiger partial charge is 0.354 e. The van der Waals surface area contributed by atoms with Crippen LogP contribution in [-0.4, -0.2) is 45.3 Å². The van der Waals surface area contributed by atoms with Crippen LogP contribution in [0.2, 0.25) is 5.02 Å². The molecule has 0 aliphatic carbocycles. The summed E-state index contributed by atoms with van der Waals surface area (Å²) < 4.78 is 40.0. The van der Waals surface area contributed by atoms with Crippen molar-refractivity contribution in [3.63, 3.8) is 0 Å². The second-order valence-electron chi connectivity index (χ2n) is 3.78. The fourth-order valence-electron chi connectivity index (χ4n) is 1.55. The van der Waals surface area contributed by atoms with E-state index < -0.39 is 10.4 Å². The Balaban J connectivity index is 0.000000282. The molecular weight excluding hydrogens is 342 g/mol. The van der Waals surface area contributed by atoms with Crippen LogP contribution in [0.1, 0.15) is 0 Å². The fraction of sp³-hybridized carbons (Fsp3) is 0.222. The topological polar surface area (TPSA) is 137 Å². The molecule has 2 aromatic rings. The number of hydrogen-bond acceptors (Lipinski definition) is 8. The van der Waals surface area contributed by atoms with Gasteiger partial charge in [0.1, 0.15) is 11.0 Å². The summed E-state index contributed by atoms with van der Waals surface area (Å²) in [6.07, 6.45) is 0. The van der Waals surface area contributed by atoms with Crippen LogP contribution in [0.15, 0.2) is 17.1 Å².